The van der Waals surface area contributed by atoms with Gasteiger partial charge in [0.2, 0.25) is 0 Å². The van der Waals surface area contributed by atoms with E-state index < -0.39 is 0 Å². The molecule has 94 valence electrons. The predicted octanol–water partition coefficient (Wildman–Crippen LogP) is 1.40. The summed E-state index contributed by atoms with van der Waals surface area (Å²) in [6.07, 6.45) is 2.72. The van der Waals surface area contributed by atoms with Crippen molar-refractivity contribution in [3.63, 3.8) is 0 Å². The highest BCUT2D eigenvalue weighted by atomic mass is 15.4. The van der Waals surface area contributed by atoms with Crippen LogP contribution in [0, 0.1) is 6.92 Å². The number of hydrogen-bond donors (Lipinski definition) is 0. The zero-order chi connectivity index (χ0) is 12.0. The van der Waals surface area contributed by atoms with E-state index in [0.29, 0.717) is 6.04 Å². The van der Waals surface area contributed by atoms with Gasteiger partial charge in [-0.05, 0) is 33.2 Å². The molecule has 2 unspecified atom stereocenters. The van der Waals surface area contributed by atoms with Gasteiger partial charge in [-0.1, -0.05) is 0 Å². The Balaban J connectivity index is 1.82. The molecule has 2 fully saturated rings. The molecule has 4 nitrogen and oxygen atoms in total. The topological polar surface area (TPSA) is 24.3 Å². The summed E-state index contributed by atoms with van der Waals surface area (Å²) >= 11 is 0. The summed E-state index contributed by atoms with van der Waals surface area (Å²) in [7, 11) is 2.02. The van der Waals surface area contributed by atoms with Gasteiger partial charge in [0, 0.05) is 44.0 Å². The van der Waals surface area contributed by atoms with Crippen molar-refractivity contribution in [3.8, 4) is 0 Å². The summed E-state index contributed by atoms with van der Waals surface area (Å²) in [6.45, 7) is 8.08. The molecule has 1 aromatic rings. The Labute approximate surface area is 103 Å². The van der Waals surface area contributed by atoms with Gasteiger partial charge in [0.1, 0.15) is 0 Å². The summed E-state index contributed by atoms with van der Waals surface area (Å²) in [5.41, 5.74) is 1.24. The standard InChI is InChI=1S/C13H22N4/c1-10-7-13(14-15(10)3)17-9-12-5-4-6-16(12)8-11(17)2/h7,11-12H,4-6,8-9H2,1-3H3. The molecular formula is C13H22N4. The fraction of sp³-hybridized carbons (Fsp3) is 0.769. The number of piperazine rings is 1. The smallest absolute Gasteiger partial charge is 0.151 e. The Hall–Kier alpha value is -1.03. The highest BCUT2D eigenvalue weighted by Crippen LogP contribution is 2.28. The van der Waals surface area contributed by atoms with Crippen LogP contribution in [-0.2, 0) is 7.05 Å². The van der Waals surface area contributed by atoms with Gasteiger partial charge in [-0.2, -0.15) is 5.10 Å². The monoisotopic (exact) mass is 234 g/mol. The van der Waals surface area contributed by atoms with E-state index in [4.69, 9.17) is 0 Å². The van der Waals surface area contributed by atoms with Gasteiger partial charge >= 0.3 is 0 Å². The van der Waals surface area contributed by atoms with Crippen LogP contribution in [0.5, 0.6) is 0 Å². The zero-order valence-electron chi connectivity index (χ0n) is 11.1. The van der Waals surface area contributed by atoms with Crippen LogP contribution >= 0.6 is 0 Å². The number of rotatable bonds is 1. The number of aryl methyl sites for hydroxylation is 2. The highest BCUT2D eigenvalue weighted by Gasteiger charge is 2.35. The van der Waals surface area contributed by atoms with Gasteiger partial charge in [-0.15, -0.1) is 0 Å². The van der Waals surface area contributed by atoms with Crippen molar-refractivity contribution < 1.29 is 0 Å². The normalized spacial score (nSPS) is 29.7. The van der Waals surface area contributed by atoms with Gasteiger partial charge in [0.15, 0.2) is 5.82 Å². The molecular weight excluding hydrogens is 212 g/mol. The van der Waals surface area contributed by atoms with Crippen molar-refractivity contribution in [2.75, 3.05) is 24.5 Å². The first-order chi connectivity index (χ1) is 8.15. The number of nitrogens with zero attached hydrogens (tertiary/aromatic N) is 4. The molecule has 2 saturated heterocycles. The third-order valence-corrected chi connectivity index (χ3v) is 4.33. The molecule has 2 atom stereocenters. The molecule has 0 saturated carbocycles. The number of anilines is 1. The van der Waals surface area contributed by atoms with Gasteiger partial charge < -0.3 is 4.90 Å². The van der Waals surface area contributed by atoms with Gasteiger partial charge in [0.05, 0.1) is 0 Å². The fourth-order valence-electron chi connectivity index (χ4n) is 3.19. The molecule has 2 aliphatic rings. The van der Waals surface area contributed by atoms with E-state index in [-0.39, 0.29) is 0 Å². The second-order valence-corrected chi connectivity index (χ2v) is 5.56. The van der Waals surface area contributed by atoms with Crippen LogP contribution in [0.15, 0.2) is 6.07 Å². The van der Waals surface area contributed by atoms with Crippen LogP contribution < -0.4 is 4.90 Å². The molecule has 1 aromatic heterocycles. The quantitative estimate of drug-likeness (QED) is 0.734. The van der Waals surface area contributed by atoms with Gasteiger partial charge in [-0.25, -0.2) is 0 Å². The fourth-order valence-corrected chi connectivity index (χ4v) is 3.19. The van der Waals surface area contributed by atoms with Crippen LogP contribution in [0.4, 0.5) is 5.82 Å². The molecule has 2 aliphatic heterocycles. The maximum absolute atomic E-state index is 4.62. The van der Waals surface area contributed by atoms with Crippen LogP contribution in [0.1, 0.15) is 25.5 Å². The first-order valence-electron chi connectivity index (χ1n) is 6.66. The third-order valence-electron chi connectivity index (χ3n) is 4.33. The zero-order valence-corrected chi connectivity index (χ0v) is 11.1. The molecule has 17 heavy (non-hydrogen) atoms. The van der Waals surface area contributed by atoms with Crippen LogP contribution in [0.2, 0.25) is 0 Å². The predicted molar refractivity (Wildman–Crippen MR) is 69.3 cm³/mol. The van der Waals surface area contributed by atoms with Gasteiger partial charge in [0.25, 0.3) is 0 Å². The molecule has 3 heterocycles. The lowest BCUT2D eigenvalue weighted by Crippen LogP contribution is -2.55. The Kier molecular flexibility index (Phi) is 2.62. The van der Waals surface area contributed by atoms with Gasteiger partial charge in [-0.3, -0.25) is 9.58 Å². The maximum Gasteiger partial charge on any atom is 0.151 e. The number of aromatic nitrogens is 2. The minimum absolute atomic E-state index is 0.582. The van der Waals surface area contributed by atoms with Crippen molar-refractivity contribution in [2.45, 2.75) is 38.8 Å². The molecule has 0 radical (unpaired) electrons. The van der Waals surface area contributed by atoms with E-state index in [1.165, 1.54) is 31.6 Å². The average molecular weight is 234 g/mol. The Morgan fingerprint density at radius 3 is 2.88 bits per heavy atom. The molecule has 0 amide bonds. The van der Waals surface area contributed by atoms with Crippen LogP contribution in [0.3, 0.4) is 0 Å². The Bertz CT molecular complexity index is 392. The summed E-state index contributed by atoms with van der Waals surface area (Å²) in [6, 6.07) is 3.55. The molecule has 0 bridgehead atoms. The van der Waals surface area contributed by atoms with E-state index in [9.17, 15) is 0 Å². The minimum Gasteiger partial charge on any atom is -0.350 e. The van der Waals surface area contributed by atoms with E-state index in [1.54, 1.807) is 0 Å². The lowest BCUT2D eigenvalue weighted by molar-refractivity contribution is 0.202. The van der Waals surface area contributed by atoms with Crippen molar-refractivity contribution in [3.05, 3.63) is 11.8 Å². The van der Waals surface area contributed by atoms with E-state index >= 15 is 0 Å². The number of hydrogen-bond acceptors (Lipinski definition) is 3. The van der Waals surface area contributed by atoms with E-state index in [2.05, 4.69) is 34.8 Å². The summed E-state index contributed by atoms with van der Waals surface area (Å²) in [5.74, 6) is 1.16. The number of fused-ring (bicyclic) bond motifs is 1. The summed E-state index contributed by atoms with van der Waals surface area (Å²) in [4.78, 5) is 5.14. The lowest BCUT2D eigenvalue weighted by atomic mass is 10.1. The summed E-state index contributed by atoms with van der Waals surface area (Å²) < 4.78 is 1.98. The van der Waals surface area contributed by atoms with E-state index in [0.717, 1.165) is 18.4 Å². The Morgan fingerprint density at radius 2 is 2.18 bits per heavy atom. The first kappa shape index (κ1) is 11.1. The molecule has 3 rings (SSSR count). The highest BCUT2D eigenvalue weighted by molar-refractivity contribution is 5.42. The van der Waals surface area contributed by atoms with Crippen LogP contribution in [0.25, 0.3) is 0 Å². The second kappa shape index (κ2) is 4.02. The summed E-state index contributed by atoms with van der Waals surface area (Å²) in [5, 5.41) is 4.62. The lowest BCUT2D eigenvalue weighted by Gasteiger charge is -2.42. The van der Waals surface area contributed by atoms with Crippen LogP contribution in [-0.4, -0.2) is 46.4 Å². The first-order valence-corrected chi connectivity index (χ1v) is 6.66. The molecule has 0 aliphatic carbocycles. The van der Waals surface area contributed by atoms with Crippen molar-refractivity contribution in [1.82, 2.24) is 14.7 Å². The maximum atomic E-state index is 4.62. The molecule has 0 spiro atoms. The average Bonchev–Trinajstić information content (AvgIpc) is 2.85. The van der Waals surface area contributed by atoms with Crippen molar-refractivity contribution in [1.29, 1.82) is 0 Å². The third kappa shape index (κ3) is 1.84. The van der Waals surface area contributed by atoms with Crippen molar-refractivity contribution in [2.24, 2.45) is 7.05 Å². The molecule has 0 aromatic carbocycles. The molecule has 0 N–H and O–H groups in total. The largest absolute Gasteiger partial charge is 0.350 e. The van der Waals surface area contributed by atoms with Crippen molar-refractivity contribution >= 4 is 5.82 Å². The SMILES string of the molecule is Cc1cc(N2CC3CCCN3CC2C)nn1C. The minimum atomic E-state index is 0.582. The van der Waals surface area contributed by atoms with E-state index in [1.807, 2.05) is 11.7 Å². The molecule has 4 heteroatoms. The Morgan fingerprint density at radius 1 is 1.35 bits per heavy atom. The second-order valence-electron chi connectivity index (χ2n) is 5.56.